The van der Waals surface area contributed by atoms with E-state index in [0.717, 1.165) is 30.8 Å². The van der Waals surface area contributed by atoms with Gasteiger partial charge in [-0.2, -0.15) is 4.37 Å². The molecule has 118 valence electrons. The summed E-state index contributed by atoms with van der Waals surface area (Å²) in [4.78, 5) is 18.2. The SMILES string of the molecule is CN(c1ncns1)C1CCC(NC(=O)OC(C)(C)C)CC1. The number of carbonyl (C=O) groups excluding carboxylic acids is 1. The second kappa shape index (κ2) is 6.60. The fraction of sp³-hybridized carbons (Fsp3) is 0.786. The molecule has 1 amide bonds. The maximum absolute atomic E-state index is 11.8. The third kappa shape index (κ3) is 4.84. The number of carbonyl (C=O) groups is 1. The van der Waals surface area contributed by atoms with Gasteiger partial charge in [-0.05, 0) is 46.5 Å². The Hall–Kier alpha value is -1.37. The van der Waals surface area contributed by atoms with Crippen LogP contribution < -0.4 is 10.2 Å². The minimum Gasteiger partial charge on any atom is -0.444 e. The molecule has 1 fully saturated rings. The number of alkyl carbamates (subject to hydrolysis) is 1. The van der Waals surface area contributed by atoms with E-state index in [1.165, 1.54) is 11.5 Å². The van der Waals surface area contributed by atoms with Crippen molar-refractivity contribution in [2.75, 3.05) is 11.9 Å². The summed E-state index contributed by atoms with van der Waals surface area (Å²) in [7, 11) is 2.06. The number of nitrogens with zero attached hydrogens (tertiary/aromatic N) is 3. The highest BCUT2D eigenvalue weighted by atomic mass is 32.1. The normalized spacial score (nSPS) is 22.7. The van der Waals surface area contributed by atoms with Crippen LogP contribution in [0.3, 0.4) is 0 Å². The van der Waals surface area contributed by atoms with Crippen molar-refractivity contribution in [1.82, 2.24) is 14.7 Å². The van der Waals surface area contributed by atoms with E-state index in [4.69, 9.17) is 4.74 Å². The third-order valence-corrected chi connectivity index (χ3v) is 4.37. The van der Waals surface area contributed by atoms with Crippen molar-refractivity contribution in [1.29, 1.82) is 0 Å². The zero-order chi connectivity index (χ0) is 15.5. The average Bonchev–Trinajstić information content (AvgIpc) is 2.90. The molecule has 0 aromatic carbocycles. The predicted molar refractivity (Wildman–Crippen MR) is 83.7 cm³/mol. The van der Waals surface area contributed by atoms with Crippen molar-refractivity contribution in [3.05, 3.63) is 6.33 Å². The van der Waals surface area contributed by atoms with Crippen LogP contribution in [0.5, 0.6) is 0 Å². The number of hydrogen-bond donors (Lipinski definition) is 1. The smallest absolute Gasteiger partial charge is 0.407 e. The summed E-state index contributed by atoms with van der Waals surface area (Å²) in [5.41, 5.74) is -0.445. The molecule has 0 spiro atoms. The summed E-state index contributed by atoms with van der Waals surface area (Å²) in [6, 6.07) is 0.675. The second-order valence-corrected chi connectivity index (χ2v) is 7.24. The lowest BCUT2D eigenvalue weighted by Gasteiger charge is -2.34. The molecule has 1 aromatic rings. The second-order valence-electron chi connectivity index (χ2n) is 6.49. The van der Waals surface area contributed by atoms with Crippen LogP contribution in [0.1, 0.15) is 46.5 Å². The minimum absolute atomic E-state index is 0.207. The Bertz CT molecular complexity index is 450. The van der Waals surface area contributed by atoms with Crippen molar-refractivity contribution in [2.24, 2.45) is 0 Å². The molecule has 1 saturated carbocycles. The number of anilines is 1. The van der Waals surface area contributed by atoms with Crippen molar-refractivity contribution in [3.8, 4) is 0 Å². The number of amides is 1. The molecule has 1 aromatic heterocycles. The van der Waals surface area contributed by atoms with E-state index in [2.05, 4.69) is 26.6 Å². The van der Waals surface area contributed by atoms with Crippen molar-refractivity contribution in [3.63, 3.8) is 0 Å². The molecule has 0 atom stereocenters. The Labute approximate surface area is 130 Å². The van der Waals surface area contributed by atoms with E-state index in [9.17, 15) is 4.79 Å². The van der Waals surface area contributed by atoms with Gasteiger partial charge in [0.15, 0.2) is 0 Å². The van der Waals surface area contributed by atoms with E-state index in [0.29, 0.717) is 6.04 Å². The Morgan fingerprint density at radius 1 is 1.38 bits per heavy atom. The van der Waals surface area contributed by atoms with Gasteiger partial charge in [-0.3, -0.25) is 0 Å². The Kier molecular flexibility index (Phi) is 5.03. The molecular formula is C14H24N4O2S. The van der Waals surface area contributed by atoms with Gasteiger partial charge in [0.2, 0.25) is 5.13 Å². The van der Waals surface area contributed by atoms with Crippen LogP contribution in [0.2, 0.25) is 0 Å². The molecule has 1 N–H and O–H groups in total. The van der Waals surface area contributed by atoms with Crippen molar-refractivity contribution >= 4 is 22.8 Å². The molecule has 7 heteroatoms. The highest BCUT2D eigenvalue weighted by Crippen LogP contribution is 2.26. The number of ether oxygens (including phenoxy) is 1. The lowest BCUT2D eigenvalue weighted by molar-refractivity contribution is 0.0491. The maximum atomic E-state index is 11.8. The summed E-state index contributed by atoms with van der Waals surface area (Å²) in [5.74, 6) is 0. The zero-order valence-electron chi connectivity index (χ0n) is 13.1. The molecular weight excluding hydrogens is 288 g/mol. The van der Waals surface area contributed by atoms with Crippen LogP contribution in [0.15, 0.2) is 6.33 Å². The molecule has 1 heterocycles. The maximum Gasteiger partial charge on any atom is 0.407 e. The molecule has 0 radical (unpaired) electrons. The van der Waals surface area contributed by atoms with Crippen molar-refractivity contribution in [2.45, 2.75) is 64.1 Å². The topological polar surface area (TPSA) is 67.4 Å². The van der Waals surface area contributed by atoms with Gasteiger partial charge >= 0.3 is 6.09 Å². The summed E-state index contributed by atoms with van der Waals surface area (Å²) in [6.45, 7) is 5.63. The van der Waals surface area contributed by atoms with Crippen LogP contribution in [0, 0.1) is 0 Å². The fourth-order valence-electron chi connectivity index (χ4n) is 2.56. The standard InChI is InChI=1S/C14H24N4O2S/c1-14(2,3)20-13(19)17-10-5-7-11(8-6-10)18(4)12-15-9-16-21-12/h9-11H,5-8H2,1-4H3,(H,17,19). The van der Waals surface area contributed by atoms with Crippen LogP contribution in [-0.4, -0.2) is 40.2 Å². The lowest BCUT2D eigenvalue weighted by atomic mass is 9.90. The molecule has 0 unspecified atom stereocenters. The molecule has 21 heavy (non-hydrogen) atoms. The number of hydrogen-bond acceptors (Lipinski definition) is 6. The highest BCUT2D eigenvalue weighted by Gasteiger charge is 2.27. The van der Waals surface area contributed by atoms with Gasteiger partial charge in [0, 0.05) is 30.7 Å². The first-order valence-electron chi connectivity index (χ1n) is 7.34. The molecule has 2 rings (SSSR count). The van der Waals surface area contributed by atoms with Crippen LogP contribution in [0.4, 0.5) is 9.93 Å². The first-order chi connectivity index (χ1) is 9.85. The highest BCUT2D eigenvalue weighted by molar-refractivity contribution is 7.09. The summed E-state index contributed by atoms with van der Waals surface area (Å²) in [6.07, 6.45) is 5.28. The molecule has 0 aliphatic heterocycles. The average molecular weight is 312 g/mol. The van der Waals surface area contributed by atoms with Gasteiger partial charge < -0.3 is 15.0 Å². The summed E-state index contributed by atoms with van der Waals surface area (Å²) >= 11 is 1.42. The monoisotopic (exact) mass is 312 g/mol. The fourth-order valence-corrected chi connectivity index (χ4v) is 3.12. The zero-order valence-corrected chi connectivity index (χ0v) is 13.9. The van der Waals surface area contributed by atoms with E-state index >= 15 is 0 Å². The molecule has 1 aliphatic rings. The number of nitrogens with one attached hydrogen (secondary N) is 1. The predicted octanol–water partition coefficient (Wildman–Crippen LogP) is 2.81. The molecule has 6 nitrogen and oxygen atoms in total. The van der Waals surface area contributed by atoms with Crippen LogP contribution >= 0.6 is 11.5 Å². The first-order valence-corrected chi connectivity index (χ1v) is 8.11. The third-order valence-electron chi connectivity index (χ3n) is 3.62. The van der Waals surface area contributed by atoms with Gasteiger partial charge in [0.25, 0.3) is 0 Å². The Morgan fingerprint density at radius 2 is 2.05 bits per heavy atom. The first kappa shape index (κ1) is 16.0. The Morgan fingerprint density at radius 3 is 2.57 bits per heavy atom. The molecule has 0 bridgehead atoms. The quantitative estimate of drug-likeness (QED) is 0.929. The van der Waals surface area contributed by atoms with Crippen LogP contribution in [0.25, 0.3) is 0 Å². The van der Waals surface area contributed by atoms with Gasteiger partial charge in [-0.25, -0.2) is 9.78 Å². The number of aromatic nitrogens is 2. The summed E-state index contributed by atoms with van der Waals surface area (Å²) < 4.78 is 9.34. The minimum atomic E-state index is -0.445. The van der Waals surface area contributed by atoms with E-state index in [-0.39, 0.29) is 12.1 Å². The molecule has 1 aliphatic carbocycles. The largest absolute Gasteiger partial charge is 0.444 e. The van der Waals surface area contributed by atoms with Crippen LogP contribution in [-0.2, 0) is 4.74 Å². The molecule has 0 saturated heterocycles. The van der Waals surface area contributed by atoms with E-state index < -0.39 is 5.60 Å². The Balaban J connectivity index is 1.77. The van der Waals surface area contributed by atoms with Gasteiger partial charge in [-0.1, -0.05) is 0 Å². The summed E-state index contributed by atoms with van der Waals surface area (Å²) in [5, 5.41) is 3.92. The van der Waals surface area contributed by atoms with Gasteiger partial charge in [0.1, 0.15) is 11.9 Å². The van der Waals surface area contributed by atoms with Crippen molar-refractivity contribution < 1.29 is 9.53 Å². The van der Waals surface area contributed by atoms with Gasteiger partial charge in [0.05, 0.1) is 0 Å². The lowest BCUT2D eigenvalue weighted by Crippen LogP contribution is -2.44. The van der Waals surface area contributed by atoms with E-state index in [1.54, 1.807) is 6.33 Å². The van der Waals surface area contributed by atoms with E-state index in [1.807, 2.05) is 20.8 Å². The van der Waals surface area contributed by atoms with Gasteiger partial charge in [-0.15, -0.1) is 0 Å². The number of rotatable bonds is 3.